The van der Waals surface area contributed by atoms with E-state index in [-0.39, 0.29) is 41.8 Å². The van der Waals surface area contributed by atoms with Gasteiger partial charge in [0.05, 0.1) is 36.6 Å². The Morgan fingerprint density at radius 2 is 1.64 bits per heavy atom. The first kappa shape index (κ1) is 23.3. The summed E-state index contributed by atoms with van der Waals surface area (Å²) in [5, 5.41) is 61.8. The maximum atomic E-state index is 12.4. The van der Waals surface area contributed by atoms with Crippen molar-refractivity contribution in [2.24, 2.45) is 29.6 Å². The Morgan fingerprint density at radius 3 is 2.36 bits per heavy atom. The predicted molar refractivity (Wildman–Crippen MR) is 113 cm³/mol. The molecule has 9 nitrogen and oxygen atoms in total. The van der Waals surface area contributed by atoms with Gasteiger partial charge in [0.2, 0.25) is 0 Å². The van der Waals surface area contributed by atoms with Crippen LogP contribution in [0.3, 0.4) is 0 Å². The lowest BCUT2D eigenvalue weighted by molar-refractivity contribution is -0.220. The van der Waals surface area contributed by atoms with E-state index >= 15 is 0 Å². The SMILES string of the molecule is O=C1C[C@H](C2CC=C(O)C(O)C2)C2C(=CC(O)C3CC(O)C(C4CCC(O)C(O)C4)OC32)O1. The molecular weight excluding hydrogens is 432 g/mol. The second-order valence-corrected chi connectivity index (χ2v) is 10.5. The van der Waals surface area contributed by atoms with Crippen molar-refractivity contribution in [3.05, 3.63) is 23.7 Å². The lowest BCUT2D eigenvalue weighted by atomic mass is 9.63. The van der Waals surface area contributed by atoms with Crippen molar-refractivity contribution >= 4 is 5.97 Å². The van der Waals surface area contributed by atoms with E-state index in [9.17, 15) is 35.4 Å². The predicted octanol–water partition coefficient (Wildman–Crippen LogP) is 0.293. The van der Waals surface area contributed by atoms with Gasteiger partial charge in [-0.1, -0.05) is 0 Å². The van der Waals surface area contributed by atoms with E-state index in [0.29, 0.717) is 44.3 Å². The van der Waals surface area contributed by atoms with Gasteiger partial charge in [-0.3, -0.25) is 4.79 Å². The lowest BCUT2D eigenvalue weighted by Crippen LogP contribution is -2.58. The summed E-state index contributed by atoms with van der Waals surface area (Å²) >= 11 is 0. The Kier molecular flexibility index (Phi) is 6.30. The monoisotopic (exact) mass is 466 g/mol. The molecule has 184 valence electrons. The first-order valence-electron chi connectivity index (χ1n) is 12.1. The zero-order chi connectivity index (χ0) is 23.4. The van der Waals surface area contributed by atoms with Crippen molar-refractivity contribution in [2.75, 3.05) is 0 Å². The van der Waals surface area contributed by atoms with E-state index in [1.54, 1.807) is 12.2 Å². The molecular formula is C24H34O9. The van der Waals surface area contributed by atoms with Crippen LogP contribution in [0.15, 0.2) is 23.7 Å². The number of fused-ring (bicyclic) bond motifs is 3. The minimum Gasteiger partial charge on any atom is -0.510 e. The van der Waals surface area contributed by atoms with Gasteiger partial charge in [-0.2, -0.15) is 0 Å². The van der Waals surface area contributed by atoms with E-state index < -0.39 is 48.7 Å². The highest BCUT2D eigenvalue weighted by Crippen LogP contribution is 2.51. The van der Waals surface area contributed by atoms with Gasteiger partial charge in [0.1, 0.15) is 17.6 Å². The fourth-order valence-corrected chi connectivity index (χ4v) is 6.83. The van der Waals surface area contributed by atoms with E-state index in [1.807, 2.05) is 0 Å². The highest BCUT2D eigenvalue weighted by atomic mass is 16.5. The molecule has 5 rings (SSSR count). The number of esters is 1. The minimum absolute atomic E-state index is 0.0486. The molecule has 0 aromatic rings. The van der Waals surface area contributed by atoms with Gasteiger partial charge in [0.25, 0.3) is 0 Å². The zero-order valence-corrected chi connectivity index (χ0v) is 18.4. The van der Waals surface area contributed by atoms with Crippen molar-refractivity contribution in [2.45, 2.75) is 87.7 Å². The third-order valence-corrected chi connectivity index (χ3v) is 8.57. The summed E-state index contributed by atoms with van der Waals surface area (Å²) in [7, 11) is 0. The summed E-state index contributed by atoms with van der Waals surface area (Å²) in [6.45, 7) is 0. The number of ether oxygens (including phenoxy) is 2. The van der Waals surface area contributed by atoms with Crippen molar-refractivity contribution < 1.29 is 44.9 Å². The van der Waals surface area contributed by atoms with E-state index in [4.69, 9.17) is 9.47 Å². The molecule has 2 heterocycles. The van der Waals surface area contributed by atoms with Crippen LogP contribution in [0.1, 0.15) is 44.9 Å². The molecule has 0 aromatic heterocycles. The average molecular weight is 467 g/mol. The second kappa shape index (κ2) is 8.94. The number of rotatable bonds is 2. The molecule has 9 heteroatoms. The summed E-state index contributed by atoms with van der Waals surface area (Å²) in [6, 6.07) is 0. The summed E-state index contributed by atoms with van der Waals surface area (Å²) in [6.07, 6.45) is 0.429. The minimum atomic E-state index is -0.976. The Bertz CT molecular complexity index is 825. The van der Waals surface area contributed by atoms with Crippen LogP contribution in [0.25, 0.3) is 0 Å². The van der Waals surface area contributed by atoms with Crippen LogP contribution >= 0.6 is 0 Å². The molecule has 3 aliphatic carbocycles. The van der Waals surface area contributed by atoms with E-state index in [2.05, 4.69) is 0 Å². The quantitative estimate of drug-likeness (QED) is 0.315. The zero-order valence-electron chi connectivity index (χ0n) is 18.4. The summed E-state index contributed by atoms with van der Waals surface area (Å²) in [5.41, 5.74) is 0. The maximum absolute atomic E-state index is 12.4. The molecule has 2 saturated heterocycles. The van der Waals surface area contributed by atoms with Crippen LogP contribution in [0.2, 0.25) is 0 Å². The normalized spacial score (nSPS) is 50.4. The molecule has 5 aliphatic rings. The van der Waals surface area contributed by atoms with Crippen LogP contribution in [-0.2, 0) is 14.3 Å². The van der Waals surface area contributed by atoms with Crippen molar-refractivity contribution in [1.82, 2.24) is 0 Å². The Hall–Kier alpha value is -1.49. The second-order valence-electron chi connectivity index (χ2n) is 10.5. The molecule has 11 unspecified atom stereocenters. The smallest absolute Gasteiger partial charge is 0.311 e. The molecule has 6 N–H and O–H groups in total. The highest BCUT2D eigenvalue weighted by molar-refractivity contribution is 5.72. The Morgan fingerprint density at radius 1 is 0.848 bits per heavy atom. The van der Waals surface area contributed by atoms with Crippen molar-refractivity contribution in [1.29, 1.82) is 0 Å². The number of carbonyl (C=O) groups is 1. The number of hydrogen-bond acceptors (Lipinski definition) is 9. The maximum Gasteiger partial charge on any atom is 0.311 e. The molecule has 0 radical (unpaired) electrons. The third kappa shape index (κ3) is 4.24. The summed E-state index contributed by atoms with van der Waals surface area (Å²) < 4.78 is 12.0. The molecule has 12 atom stereocenters. The van der Waals surface area contributed by atoms with E-state index in [1.165, 1.54) is 0 Å². The van der Waals surface area contributed by atoms with E-state index in [0.717, 1.165) is 0 Å². The summed E-state index contributed by atoms with van der Waals surface area (Å²) in [4.78, 5) is 12.4. The molecule has 1 saturated carbocycles. The van der Waals surface area contributed by atoms with Crippen molar-refractivity contribution in [3.63, 3.8) is 0 Å². The Labute approximate surface area is 192 Å². The molecule has 33 heavy (non-hydrogen) atoms. The molecule has 2 aliphatic heterocycles. The number of hydrogen-bond donors (Lipinski definition) is 6. The van der Waals surface area contributed by atoms with Gasteiger partial charge in [0.15, 0.2) is 0 Å². The van der Waals surface area contributed by atoms with Crippen LogP contribution in [0, 0.1) is 29.6 Å². The van der Waals surface area contributed by atoms with Crippen molar-refractivity contribution in [3.8, 4) is 0 Å². The number of aliphatic hydroxyl groups is 6. The highest BCUT2D eigenvalue weighted by Gasteiger charge is 2.55. The van der Waals surface area contributed by atoms with Gasteiger partial charge < -0.3 is 40.1 Å². The van der Waals surface area contributed by atoms with Gasteiger partial charge >= 0.3 is 5.97 Å². The van der Waals surface area contributed by atoms with Crippen LogP contribution in [0.4, 0.5) is 0 Å². The molecule has 0 aromatic carbocycles. The number of carbonyl (C=O) groups excluding carboxylic acids is 1. The first-order chi connectivity index (χ1) is 15.7. The number of allylic oxidation sites excluding steroid dienone is 1. The molecule has 0 bridgehead atoms. The van der Waals surface area contributed by atoms with Gasteiger partial charge in [0, 0.05) is 18.3 Å². The fraction of sp³-hybridized carbons (Fsp3) is 0.792. The molecule has 0 amide bonds. The Balaban J connectivity index is 1.43. The number of aliphatic hydroxyl groups excluding tert-OH is 6. The van der Waals surface area contributed by atoms with Gasteiger partial charge in [-0.15, -0.1) is 0 Å². The van der Waals surface area contributed by atoms with Crippen LogP contribution in [0.5, 0.6) is 0 Å². The topological polar surface area (TPSA) is 157 Å². The lowest BCUT2D eigenvalue weighted by Gasteiger charge is -2.53. The molecule has 0 spiro atoms. The van der Waals surface area contributed by atoms with Gasteiger partial charge in [-0.05, 0) is 68.4 Å². The molecule has 3 fully saturated rings. The largest absolute Gasteiger partial charge is 0.510 e. The van der Waals surface area contributed by atoms with Crippen LogP contribution < -0.4 is 0 Å². The first-order valence-corrected chi connectivity index (χ1v) is 12.1. The summed E-state index contributed by atoms with van der Waals surface area (Å²) in [5.74, 6) is -1.17. The average Bonchev–Trinajstić information content (AvgIpc) is 2.77. The fourth-order valence-electron chi connectivity index (χ4n) is 6.83. The van der Waals surface area contributed by atoms with Crippen LogP contribution in [-0.4, -0.2) is 79.3 Å². The standard InChI is InChI=1S/C24H34O9/c25-14-3-1-10(5-17(14)28)12-8-21(31)32-20-9-16(27)13-7-19(30)23(33-24(13)22(12)20)11-2-4-15(26)18(29)6-11/h3,9-13,15-19,22-30H,1-2,4-8H2/t10?,11?,12-,13?,15?,16?,17?,18?,19?,22?,23?,24?/m1/s1. The van der Waals surface area contributed by atoms with Gasteiger partial charge in [-0.25, -0.2) is 0 Å². The third-order valence-electron chi connectivity index (χ3n) is 8.57.